The van der Waals surface area contributed by atoms with Crippen LogP contribution in [0.3, 0.4) is 0 Å². The van der Waals surface area contributed by atoms with Gasteiger partial charge in [-0.05, 0) is 41.2 Å². The quantitative estimate of drug-likeness (QED) is 0.605. The first kappa shape index (κ1) is 23.0. The Bertz CT molecular complexity index is 1100. The van der Waals surface area contributed by atoms with Crippen molar-refractivity contribution in [1.29, 1.82) is 0 Å². The molecule has 1 fully saturated rings. The zero-order chi connectivity index (χ0) is 23.4. The van der Waals surface area contributed by atoms with Gasteiger partial charge in [-0.15, -0.1) is 0 Å². The van der Waals surface area contributed by atoms with E-state index >= 15 is 4.39 Å². The molecule has 0 radical (unpaired) electrons. The van der Waals surface area contributed by atoms with Gasteiger partial charge in [-0.1, -0.05) is 62.2 Å². The fourth-order valence-electron chi connectivity index (χ4n) is 5.26. The van der Waals surface area contributed by atoms with E-state index in [9.17, 15) is 9.59 Å². The average Bonchev–Trinajstić information content (AvgIpc) is 3.18. The predicted octanol–water partition coefficient (Wildman–Crippen LogP) is 5.06. The van der Waals surface area contributed by atoms with Crippen LogP contribution in [-0.4, -0.2) is 31.1 Å². The van der Waals surface area contributed by atoms with Gasteiger partial charge in [-0.3, -0.25) is 14.9 Å². The standard InChI is InChI=1S/C24H25Cl2FN2O3/c1-23(2,3)11-17-24(14-9-8-12(25)10-16(14)28-22(24)31)18(20(29-17)21(30)32-4)13-6-5-7-15(26)19(13)27/h5-10,17-18,20,29H,11H2,1-4H3,(H,28,31)/t17-,18+,20-,24+/m1/s1. The first-order valence-corrected chi connectivity index (χ1v) is 11.2. The number of hydrogen-bond acceptors (Lipinski definition) is 4. The molecule has 2 aliphatic heterocycles. The van der Waals surface area contributed by atoms with Gasteiger partial charge < -0.3 is 10.1 Å². The lowest BCUT2D eigenvalue weighted by Crippen LogP contribution is -2.49. The Balaban J connectivity index is 2.04. The van der Waals surface area contributed by atoms with Gasteiger partial charge in [-0.2, -0.15) is 0 Å². The van der Waals surface area contributed by atoms with Crippen LogP contribution in [-0.2, 0) is 19.7 Å². The Hall–Kier alpha value is -2.15. The second kappa shape index (κ2) is 8.01. The molecule has 4 atom stereocenters. The minimum absolute atomic E-state index is 0.0738. The number of ether oxygens (including phenoxy) is 1. The molecule has 2 aliphatic rings. The molecule has 1 spiro atoms. The van der Waals surface area contributed by atoms with E-state index < -0.39 is 35.2 Å². The van der Waals surface area contributed by atoms with Crippen LogP contribution < -0.4 is 10.6 Å². The summed E-state index contributed by atoms with van der Waals surface area (Å²) < 4.78 is 20.5. The summed E-state index contributed by atoms with van der Waals surface area (Å²) in [4.78, 5) is 26.7. The number of esters is 1. The average molecular weight is 479 g/mol. The SMILES string of the molecule is COC(=O)[C@@H]1N[C@H](CC(C)(C)C)[C@]2(C(=O)Nc3cc(Cl)ccc32)[C@H]1c1cccc(Cl)c1F. The Morgan fingerprint density at radius 3 is 2.59 bits per heavy atom. The number of amides is 1. The van der Waals surface area contributed by atoms with Crippen molar-refractivity contribution >= 4 is 40.8 Å². The monoisotopic (exact) mass is 478 g/mol. The number of halogens is 3. The molecule has 1 saturated heterocycles. The van der Waals surface area contributed by atoms with Gasteiger partial charge in [-0.25, -0.2) is 4.39 Å². The number of hydrogen-bond donors (Lipinski definition) is 2. The molecule has 2 N–H and O–H groups in total. The molecule has 2 aromatic carbocycles. The summed E-state index contributed by atoms with van der Waals surface area (Å²) in [6.07, 6.45) is 0.550. The number of fused-ring (bicyclic) bond motifs is 2. The Kier molecular flexibility index (Phi) is 5.76. The molecule has 32 heavy (non-hydrogen) atoms. The van der Waals surface area contributed by atoms with Crippen LogP contribution in [0.2, 0.25) is 10.0 Å². The Labute approximate surface area is 196 Å². The normalized spacial score (nSPS) is 26.8. The van der Waals surface area contributed by atoms with Gasteiger partial charge in [0.25, 0.3) is 0 Å². The van der Waals surface area contributed by atoms with E-state index in [4.69, 9.17) is 27.9 Å². The molecule has 170 valence electrons. The zero-order valence-corrected chi connectivity index (χ0v) is 19.8. The molecule has 0 saturated carbocycles. The van der Waals surface area contributed by atoms with Crippen LogP contribution >= 0.6 is 23.2 Å². The van der Waals surface area contributed by atoms with Crippen LogP contribution in [0, 0.1) is 11.2 Å². The van der Waals surface area contributed by atoms with E-state index in [0.717, 1.165) is 0 Å². The third-order valence-electron chi connectivity index (χ3n) is 6.39. The van der Waals surface area contributed by atoms with Gasteiger partial charge >= 0.3 is 5.97 Å². The number of anilines is 1. The maximum Gasteiger partial charge on any atom is 0.323 e. The smallest absolute Gasteiger partial charge is 0.323 e. The summed E-state index contributed by atoms with van der Waals surface area (Å²) in [6.45, 7) is 6.16. The second-order valence-corrected chi connectivity index (χ2v) is 10.5. The molecule has 8 heteroatoms. The lowest BCUT2D eigenvalue weighted by molar-refractivity contribution is -0.143. The minimum atomic E-state index is -1.27. The lowest BCUT2D eigenvalue weighted by Gasteiger charge is -2.37. The van der Waals surface area contributed by atoms with E-state index in [1.165, 1.54) is 13.2 Å². The summed E-state index contributed by atoms with van der Waals surface area (Å²) >= 11 is 12.3. The molecule has 4 rings (SSSR count). The van der Waals surface area contributed by atoms with Gasteiger partial charge in [0.2, 0.25) is 5.91 Å². The first-order chi connectivity index (χ1) is 15.0. The molecule has 1 amide bonds. The molecular formula is C24H25Cl2FN2O3. The van der Waals surface area contributed by atoms with Crippen LogP contribution in [0.25, 0.3) is 0 Å². The fraction of sp³-hybridized carbons (Fsp3) is 0.417. The van der Waals surface area contributed by atoms with Crippen LogP contribution in [0.5, 0.6) is 0 Å². The lowest BCUT2D eigenvalue weighted by atomic mass is 9.62. The van der Waals surface area contributed by atoms with Crippen molar-refractivity contribution in [1.82, 2.24) is 5.32 Å². The number of carbonyl (C=O) groups excluding carboxylic acids is 2. The number of nitrogens with one attached hydrogen (secondary N) is 2. The maximum atomic E-state index is 15.4. The number of benzene rings is 2. The molecule has 2 heterocycles. The highest BCUT2D eigenvalue weighted by atomic mass is 35.5. The van der Waals surface area contributed by atoms with E-state index in [-0.39, 0.29) is 21.9 Å². The second-order valence-electron chi connectivity index (χ2n) is 9.62. The van der Waals surface area contributed by atoms with Gasteiger partial charge in [0.15, 0.2) is 0 Å². The van der Waals surface area contributed by atoms with E-state index in [2.05, 4.69) is 31.4 Å². The summed E-state index contributed by atoms with van der Waals surface area (Å²) in [7, 11) is 1.28. The van der Waals surface area contributed by atoms with Crippen molar-refractivity contribution in [2.75, 3.05) is 12.4 Å². The van der Waals surface area contributed by atoms with Gasteiger partial charge in [0.1, 0.15) is 17.3 Å². The van der Waals surface area contributed by atoms with Crippen molar-refractivity contribution in [3.8, 4) is 0 Å². The molecule has 0 aliphatic carbocycles. The third-order valence-corrected chi connectivity index (χ3v) is 6.92. The Morgan fingerprint density at radius 2 is 1.94 bits per heavy atom. The molecule has 0 aromatic heterocycles. The fourth-order valence-corrected chi connectivity index (χ4v) is 5.61. The number of carbonyl (C=O) groups is 2. The zero-order valence-electron chi connectivity index (χ0n) is 18.3. The van der Waals surface area contributed by atoms with Crippen LogP contribution in [0.1, 0.15) is 44.2 Å². The largest absolute Gasteiger partial charge is 0.468 e. The Morgan fingerprint density at radius 1 is 1.22 bits per heavy atom. The van der Waals surface area contributed by atoms with Crippen molar-refractivity contribution in [3.63, 3.8) is 0 Å². The van der Waals surface area contributed by atoms with E-state index in [0.29, 0.717) is 22.7 Å². The van der Waals surface area contributed by atoms with Gasteiger partial charge in [0.05, 0.1) is 12.1 Å². The topological polar surface area (TPSA) is 67.4 Å². The summed E-state index contributed by atoms with van der Waals surface area (Å²) in [6, 6.07) is 8.37. The van der Waals surface area contributed by atoms with Crippen LogP contribution in [0.15, 0.2) is 36.4 Å². The van der Waals surface area contributed by atoms with Gasteiger partial charge in [0, 0.05) is 22.7 Å². The third kappa shape index (κ3) is 3.49. The molecule has 2 aromatic rings. The molecule has 0 bridgehead atoms. The highest BCUT2D eigenvalue weighted by Gasteiger charge is 2.66. The number of rotatable bonds is 3. The van der Waals surface area contributed by atoms with E-state index in [1.807, 2.05) is 0 Å². The van der Waals surface area contributed by atoms with Crippen molar-refractivity contribution in [2.45, 2.75) is 50.6 Å². The van der Waals surface area contributed by atoms with E-state index in [1.54, 1.807) is 30.3 Å². The summed E-state index contributed by atoms with van der Waals surface area (Å²) in [5, 5.41) is 6.65. The van der Waals surface area contributed by atoms with Crippen molar-refractivity contribution in [3.05, 3.63) is 63.4 Å². The highest BCUT2D eigenvalue weighted by Crippen LogP contribution is 2.57. The number of methoxy groups -OCH3 is 1. The highest BCUT2D eigenvalue weighted by molar-refractivity contribution is 6.31. The molecule has 5 nitrogen and oxygen atoms in total. The summed E-state index contributed by atoms with van der Waals surface area (Å²) in [5.74, 6) is -2.42. The minimum Gasteiger partial charge on any atom is -0.468 e. The summed E-state index contributed by atoms with van der Waals surface area (Å²) in [5.41, 5.74) is -0.0412. The van der Waals surface area contributed by atoms with Crippen molar-refractivity contribution < 1.29 is 18.7 Å². The van der Waals surface area contributed by atoms with Crippen LogP contribution in [0.4, 0.5) is 10.1 Å². The predicted molar refractivity (Wildman–Crippen MR) is 123 cm³/mol. The molecular weight excluding hydrogens is 454 g/mol. The first-order valence-electron chi connectivity index (χ1n) is 10.4. The van der Waals surface area contributed by atoms with Crippen molar-refractivity contribution in [2.24, 2.45) is 5.41 Å². The maximum absolute atomic E-state index is 15.4. The molecule has 0 unspecified atom stereocenters.